The lowest BCUT2D eigenvalue weighted by atomic mass is 9.83. The van der Waals surface area contributed by atoms with Crippen LogP contribution >= 0.6 is 11.6 Å². The Hall–Kier alpha value is -0.690. The fourth-order valence-corrected chi connectivity index (χ4v) is 3.72. The molecule has 1 saturated carbocycles. The minimum Gasteiger partial charge on any atom is -0.326 e. The first-order chi connectivity index (χ1) is 8.83. The molecular formula is C12H16ClFN2O2S. The summed E-state index contributed by atoms with van der Waals surface area (Å²) in [4.78, 5) is -0.130. The molecule has 1 aromatic rings. The summed E-state index contributed by atoms with van der Waals surface area (Å²) in [6, 6.07) is 2.17. The van der Waals surface area contributed by atoms with Crippen molar-refractivity contribution in [1.82, 2.24) is 4.72 Å². The zero-order valence-corrected chi connectivity index (χ0v) is 12.1. The first-order valence-corrected chi connectivity index (χ1v) is 7.90. The van der Waals surface area contributed by atoms with E-state index in [4.69, 9.17) is 17.3 Å². The van der Waals surface area contributed by atoms with Gasteiger partial charge in [0.15, 0.2) is 0 Å². The van der Waals surface area contributed by atoms with Gasteiger partial charge in [-0.1, -0.05) is 18.5 Å². The zero-order valence-electron chi connectivity index (χ0n) is 10.5. The summed E-state index contributed by atoms with van der Waals surface area (Å²) < 4.78 is 40.4. The van der Waals surface area contributed by atoms with Gasteiger partial charge in [-0.05, 0) is 36.5 Å². The van der Waals surface area contributed by atoms with Gasteiger partial charge >= 0.3 is 0 Å². The maximum atomic E-state index is 13.6. The van der Waals surface area contributed by atoms with Crippen LogP contribution in [0.3, 0.4) is 0 Å². The van der Waals surface area contributed by atoms with Crippen molar-refractivity contribution in [1.29, 1.82) is 0 Å². The SMILES string of the molecule is CC1CC(NS(=O)(=O)c2cc(F)c(Cl)c(CN)c2)C1. The van der Waals surface area contributed by atoms with Crippen LogP contribution in [0.2, 0.25) is 5.02 Å². The normalized spacial score (nSPS) is 23.2. The zero-order chi connectivity index (χ0) is 14.2. The predicted octanol–water partition coefficient (Wildman–Crippen LogP) is 2.01. The molecule has 106 valence electrons. The summed E-state index contributed by atoms with van der Waals surface area (Å²) in [7, 11) is -3.72. The molecule has 0 bridgehead atoms. The molecule has 0 saturated heterocycles. The molecule has 1 aliphatic carbocycles. The largest absolute Gasteiger partial charge is 0.326 e. The van der Waals surface area contributed by atoms with Crippen LogP contribution in [0.1, 0.15) is 25.3 Å². The molecule has 0 radical (unpaired) electrons. The van der Waals surface area contributed by atoms with E-state index in [1.54, 1.807) is 0 Å². The van der Waals surface area contributed by atoms with Crippen molar-refractivity contribution in [3.63, 3.8) is 0 Å². The molecule has 3 N–H and O–H groups in total. The molecule has 2 rings (SSSR count). The second-order valence-electron chi connectivity index (χ2n) is 4.98. The predicted molar refractivity (Wildman–Crippen MR) is 71.8 cm³/mol. The van der Waals surface area contributed by atoms with Crippen LogP contribution in [0.25, 0.3) is 0 Å². The molecule has 4 nitrogen and oxygen atoms in total. The molecule has 0 aromatic heterocycles. The van der Waals surface area contributed by atoms with Crippen LogP contribution in [-0.2, 0) is 16.6 Å². The van der Waals surface area contributed by atoms with Crippen LogP contribution in [0.15, 0.2) is 17.0 Å². The highest BCUT2D eigenvalue weighted by Crippen LogP contribution is 2.29. The van der Waals surface area contributed by atoms with Gasteiger partial charge in [-0.25, -0.2) is 17.5 Å². The third-order valence-corrected chi connectivity index (χ3v) is 5.23. The molecule has 0 amide bonds. The molecule has 0 heterocycles. The Kier molecular flexibility index (Phi) is 4.15. The third-order valence-electron chi connectivity index (χ3n) is 3.30. The smallest absolute Gasteiger partial charge is 0.240 e. The summed E-state index contributed by atoms with van der Waals surface area (Å²) in [5.74, 6) is -0.249. The van der Waals surface area contributed by atoms with Crippen molar-refractivity contribution in [3.8, 4) is 0 Å². The topological polar surface area (TPSA) is 72.2 Å². The van der Waals surface area contributed by atoms with Crippen LogP contribution in [-0.4, -0.2) is 14.5 Å². The van der Waals surface area contributed by atoms with Gasteiger partial charge in [0.25, 0.3) is 0 Å². The molecule has 1 fully saturated rings. The number of rotatable bonds is 4. The van der Waals surface area contributed by atoms with Gasteiger partial charge in [0.05, 0.1) is 9.92 Å². The standard InChI is InChI=1S/C12H16ClFN2O2S/c1-7-2-9(3-7)16-19(17,18)10-4-8(6-15)12(13)11(14)5-10/h4-5,7,9,16H,2-3,6,15H2,1H3. The Balaban J connectivity index is 2.27. The Morgan fingerprint density at radius 3 is 2.63 bits per heavy atom. The van der Waals surface area contributed by atoms with Gasteiger partial charge in [-0.2, -0.15) is 0 Å². The highest BCUT2D eigenvalue weighted by atomic mass is 35.5. The maximum Gasteiger partial charge on any atom is 0.240 e. The minimum absolute atomic E-state index is 0.0143. The number of benzene rings is 1. The van der Waals surface area contributed by atoms with Gasteiger partial charge in [0.2, 0.25) is 10.0 Å². The van der Waals surface area contributed by atoms with E-state index in [0.717, 1.165) is 18.9 Å². The number of sulfonamides is 1. The number of nitrogens with one attached hydrogen (secondary N) is 1. The first kappa shape index (κ1) is 14.7. The van der Waals surface area contributed by atoms with Gasteiger partial charge in [0, 0.05) is 12.6 Å². The van der Waals surface area contributed by atoms with E-state index < -0.39 is 15.8 Å². The highest BCUT2D eigenvalue weighted by Gasteiger charge is 2.30. The van der Waals surface area contributed by atoms with Crippen LogP contribution < -0.4 is 10.5 Å². The maximum absolute atomic E-state index is 13.6. The lowest BCUT2D eigenvalue weighted by Gasteiger charge is -2.32. The molecule has 19 heavy (non-hydrogen) atoms. The molecule has 1 aromatic carbocycles. The van der Waals surface area contributed by atoms with E-state index in [1.165, 1.54) is 6.07 Å². The van der Waals surface area contributed by atoms with Crippen molar-refractivity contribution in [2.75, 3.05) is 0 Å². The van der Waals surface area contributed by atoms with Crippen LogP contribution in [0.4, 0.5) is 4.39 Å². The van der Waals surface area contributed by atoms with Crippen LogP contribution in [0.5, 0.6) is 0 Å². The number of hydrogen-bond donors (Lipinski definition) is 2. The van der Waals surface area contributed by atoms with Crippen molar-refractivity contribution in [3.05, 3.63) is 28.5 Å². The lowest BCUT2D eigenvalue weighted by molar-refractivity contribution is 0.270. The molecular weight excluding hydrogens is 291 g/mol. The van der Waals surface area contributed by atoms with Gasteiger partial charge in [-0.15, -0.1) is 0 Å². The van der Waals surface area contributed by atoms with Crippen molar-refractivity contribution in [2.24, 2.45) is 11.7 Å². The quantitative estimate of drug-likeness (QED) is 0.894. The fraction of sp³-hybridized carbons (Fsp3) is 0.500. The monoisotopic (exact) mass is 306 g/mol. The van der Waals surface area contributed by atoms with E-state index in [0.29, 0.717) is 5.92 Å². The Labute approximate surface area is 117 Å². The van der Waals surface area contributed by atoms with E-state index in [1.807, 2.05) is 0 Å². The average Bonchev–Trinajstić information content (AvgIpc) is 2.30. The van der Waals surface area contributed by atoms with Gasteiger partial charge in [0.1, 0.15) is 5.82 Å². The Morgan fingerprint density at radius 1 is 1.47 bits per heavy atom. The molecule has 1 aliphatic rings. The highest BCUT2D eigenvalue weighted by molar-refractivity contribution is 7.89. The van der Waals surface area contributed by atoms with Crippen molar-refractivity contribution in [2.45, 2.75) is 37.2 Å². The number of halogens is 2. The summed E-state index contributed by atoms with van der Waals surface area (Å²) >= 11 is 5.71. The minimum atomic E-state index is -3.72. The van der Waals surface area contributed by atoms with Crippen molar-refractivity contribution >= 4 is 21.6 Å². The molecule has 0 aliphatic heterocycles. The van der Waals surface area contributed by atoms with E-state index in [2.05, 4.69) is 11.6 Å². The summed E-state index contributed by atoms with van der Waals surface area (Å²) in [5, 5.41) is -0.126. The van der Waals surface area contributed by atoms with Gasteiger partial charge < -0.3 is 5.73 Å². The second-order valence-corrected chi connectivity index (χ2v) is 7.07. The van der Waals surface area contributed by atoms with Gasteiger partial charge in [-0.3, -0.25) is 0 Å². The summed E-state index contributed by atoms with van der Waals surface area (Å²) in [6.07, 6.45) is 1.61. The average molecular weight is 307 g/mol. The molecule has 7 heteroatoms. The first-order valence-electron chi connectivity index (χ1n) is 6.04. The Morgan fingerprint density at radius 2 is 2.11 bits per heavy atom. The summed E-state index contributed by atoms with van der Waals surface area (Å²) in [5.41, 5.74) is 5.70. The van der Waals surface area contributed by atoms with Crippen LogP contribution in [0, 0.1) is 11.7 Å². The Bertz CT molecular complexity index is 586. The number of hydrogen-bond acceptors (Lipinski definition) is 3. The van der Waals surface area contributed by atoms with Crippen molar-refractivity contribution < 1.29 is 12.8 Å². The molecule has 0 spiro atoms. The van der Waals surface area contributed by atoms with E-state index in [-0.39, 0.29) is 28.1 Å². The second kappa shape index (κ2) is 5.36. The third kappa shape index (κ3) is 3.08. The molecule has 0 unspecified atom stereocenters. The number of nitrogens with two attached hydrogens (primary N) is 1. The summed E-state index contributed by atoms with van der Waals surface area (Å²) in [6.45, 7) is 2.04. The molecule has 0 atom stereocenters. The van der Waals surface area contributed by atoms with E-state index in [9.17, 15) is 12.8 Å². The fourth-order valence-electron chi connectivity index (χ4n) is 2.21. The van der Waals surface area contributed by atoms with E-state index >= 15 is 0 Å². The lowest BCUT2D eigenvalue weighted by Crippen LogP contribution is -2.43.